The van der Waals surface area contributed by atoms with E-state index >= 15 is 0 Å². The van der Waals surface area contributed by atoms with Gasteiger partial charge in [-0.3, -0.25) is 10.1 Å². The zero-order valence-corrected chi connectivity index (χ0v) is 13.3. The second-order valence-corrected chi connectivity index (χ2v) is 5.65. The molecule has 8 nitrogen and oxygen atoms in total. The van der Waals surface area contributed by atoms with Crippen molar-refractivity contribution in [2.75, 3.05) is 12.4 Å². The number of rotatable bonds is 5. The van der Waals surface area contributed by atoms with Crippen molar-refractivity contribution in [3.63, 3.8) is 0 Å². The average molecular weight is 344 g/mol. The summed E-state index contributed by atoms with van der Waals surface area (Å²) in [4.78, 5) is 10.8. The molecule has 1 heterocycles. The fourth-order valence-corrected chi connectivity index (χ4v) is 2.93. The molecule has 0 atom stereocenters. The Hall–Kier alpha value is -3.20. The number of phenolic OH excluding ortho intramolecular Hbond substituents is 1. The van der Waals surface area contributed by atoms with Crippen LogP contribution < -0.4 is 10.1 Å². The SMILES string of the molecule is COc1c(O)ccc(-c2nnc(Nc3ccccc3)s2)c1[N+](=O)[O-]. The third-order valence-corrected chi connectivity index (χ3v) is 4.05. The van der Waals surface area contributed by atoms with Gasteiger partial charge in [-0.15, -0.1) is 10.2 Å². The summed E-state index contributed by atoms with van der Waals surface area (Å²) in [5, 5.41) is 33.0. The number of phenols is 1. The van der Waals surface area contributed by atoms with Crippen LogP contribution in [0.15, 0.2) is 42.5 Å². The highest BCUT2D eigenvalue weighted by atomic mass is 32.1. The minimum Gasteiger partial charge on any atom is -0.504 e. The van der Waals surface area contributed by atoms with E-state index < -0.39 is 4.92 Å². The highest BCUT2D eigenvalue weighted by Gasteiger charge is 2.27. The fourth-order valence-electron chi connectivity index (χ4n) is 2.14. The van der Waals surface area contributed by atoms with Crippen molar-refractivity contribution in [2.24, 2.45) is 0 Å². The molecule has 0 amide bonds. The smallest absolute Gasteiger partial charge is 0.325 e. The Bertz CT molecular complexity index is 882. The molecule has 3 rings (SSSR count). The average Bonchev–Trinajstić information content (AvgIpc) is 3.03. The van der Waals surface area contributed by atoms with Gasteiger partial charge >= 0.3 is 5.69 Å². The van der Waals surface area contributed by atoms with Gasteiger partial charge in [0.05, 0.1) is 17.6 Å². The van der Waals surface area contributed by atoms with Gasteiger partial charge in [0.25, 0.3) is 0 Å². The minimum absolute atomic E-state index is 0.203. The third kappa shape index (κ3) is 2.97. The molecule has 0 radical (unpaired) electrons. The van der Waals surface area contributed by atoms with E-state index in [1.165, 1.54) is 19.2 Å². The fraction of sp³-hybridized carbons (Fsp3) is 0.0667. The number of hydrogen-bond acceptors (Lipinski definition) is 8. The molecular weight excluding hydrogens is 332 g/mol. The molecule has 0 aliphatic heterocycles. The number of benzene rings is 2. The van der Waals surface area contributed by atoms with Crippen LogP contribution in [0.5, 0.6) is 11.5 Å². The number of anilines is 2. The molecule has 0 unspecified atom stereocenters. The zero-order valence-electron chi connectivity index (χ0n) is 12.5. The van der Waals surface area contributed by atoms with Crippen LogP contribution in [0, 0.1) is 10.1 Å². The minimum atomic E-state index is -0.612. The summed E-state index contributed by atoms with van der Waals surface area (Å²) >= 11 is 1.16. The van der Waals surface area contributed by atoms with Crippen LogP contribution in [0.4, 0.5) is 16.5 Å². The number of nitrogens with one attached hydrogen (secondary N) is 1. The molecule has 2 aromatic carbocycles. The van der Waals surface area contributed by atoms with E-state index in [0.29, 0.717) is 10.1 Å². The van der Waals surface area contributed by atoms with E-state index in [9.17, 15) is 15.2 Å². The summed E-state index contributed by atoms with van der Waals surface area (Å²) in [6, 6.07) is 12.1. The molecule has 24 heavy (non-hydrogen) atoms. The zero-order chi connectivity index (χ0) is 17.1. The van der Waals surface area contributed by atoms with Crippen molar-refractivity contribution in [2.45, 2.75) is 0 Å². The number of methoxy groups -OCH3 is 1. The van der Waals surface area contributed by atoms with Crippen LogP contribution in [-0.4, -0.2) is 27.3 Å². The molecule has 0 fully saturated rings. The monoisotopic (exact) mass is 344 g/mol. The Balaban J connectivity index is 2.00. The summed E-state index contributed by atoms with van der Waals surface area (Å²) in [7, 11) is 1.26. The highest BCUT2D eigenvalue weighted by Crippen LogP contribution is 2.44. The normalized spacial score (nSPS) is 10.4. The lowest BCUT2D eigenvalue weighted by atomic mass is 10.1. The van der Waals surface area contributed by atoms with Crippen LogP contribution in [0.2, 0.25) is 0 Å². The number of nitro groups is 1. The predicted molar refractivity (Wildman–Crippen MR) is 89.9 cm³/mol. The maximum absolute atomic E-state index is 11.4. The van der Waals surface area contributed by atoms with Crippen molar-refractivity contribution in [3.05, 3.63) is 52.6 Å². The summed E-state index contributed by atoms with van der Waals surface area (Å²) in [5.41, 5.74) is 0.714. The second-order valence-electron chi connectivity index (χ2n) is 4.67. The molecule has 0 aliphatic carbocycles. The van der Waals surface area contributed by atoms with E-state index in [1.807, 2.05) is 30.3 Å². The van der Waals surface area contributed by atoms with Crippen LogP contribution in [-0.2, 0) is 0 Å². The quantitative estimate of drug-likeness (QED) is 0.537. The van der Waals surface area contributed by atoms with Crippen molar-refractivity contribution < 1.29 is 14.8 Å². The maximum atomic E-state index is 11.4. The van der Waals surface area contributed by atoms with Gasteiger partial charge in [0.1, 0.15) is 0 Å². The number of hydrogen-bond donors (Lipinski definition) is 2. The molecule has 0 saturated carbocycles. The predicted octanol–water partition coefficient (Wildman–Crippen LogP) is 3.57. The van der Waals surface area contributed by atoms with E-state index in [-0.39, 0.29) is 22.7 Å². The lowest BCUT2D eigenvalue weighted by molar-refractivity contribution is -0.385. The number of nitrogens with zero attached hydrogens (tertiary/aromatic N) is 3. The van der Waals surface area contributed by atoms with Gasteiger partial charge in [-0.25, -0.2) is 0 Å². The third-order valence-electron chi connectivity index (χ3n) is 3.18. The number of ether oxygens (including phenoxy) is 1. The van der Waals surface area contributed by atoms with Crippen LogP contribution >= 0.6 is 11.3 Å². The van der Waals surface area contributed by atoms with Crippen molar-refractivity contribution in [1.82, 2.24) is 10.2 Å². The molecular formula is C15H12N4O4S. The van der Waals surface area contributed by atoms with Gasteiger partial charge in [-0.2, -0.15) is 0 Å². The Kier molecular flexibility index (Phi) is 4.25. The number of aromatic hydroxyl groups is 1. The van der Waals surface area contributed by atoms with E-state index in [4.69, 9.17) is 4.74 Å². The number of para-hydroxylation sites is 1. The van der Waals surface area contributed by atoms with Gasteiger partial charge in [-0.1, -0.05) is 29.5 Å². The number of aromatic nitrogens is 2. The van der Waals surface area contributed by atoms with Crippen molar-refractivity contribution in [3.8, 4) is 22.1 Å². The second kappa shape index (κ2) is 6.50. The Morgan fingerprint density at radius 2 is 1.96 bits per heavy atom. The van der Waals surface area contributed by atoms with Gasteiger partial charge in [0.15, 0.2) is 10.8 Å². The molecule has 2 N–H and O–H groups in total. The van der Waals surface area contributed by atoms with Gasteiger partial charge in [-0.05, 0) is 24.3 Å². The maximum Gasteiger partial charge on any atom is 0.325 e. The summed E-state index contributed by atoms with van der Waals surface area (Å²) in [6.07, 6.45) is 0. The Morgan fingerprint density at radius 1 is 1.21 bits per heavy atom. The van der Waals surface area contributed by atoms with Gasteiger partial charge in [0, 0.05) is 5.69 Å². The first kappa shape index (κ1) is 15.7. The van der Waals surface area contributed by atoms with Crippen molar-refractivity contribution >= 4 is 27.8 Å². The van der Waals surface area contributed by atoms with Crippen LogP contribution in [0.3, 0.4) is 0 Å². The molecule has 1 aromatic heterocycles. The number of nitro benzene ring substituents is 1. The molecule has 0 bridgehead atoms. The van der Waals surface area contributed by atoms with Crippen LogP contribution in [0.1, 0.15) is 0 Å². The lowest BCUT2D eigenvalue weighted by Gasteiger charge is -2.06. The highest BCUT2D eigenvalue weighted by molar-refractivity contribution is 7.18. The largest absolute Gasteiger partial charge is 0.504 e. The Labute approximate surface area is 140 Å². The first-order chi connectivity index (χ1) is 11.6. The van der Waals surface area contributed by atoms with E-state index in [1.54, 1.807) is 0 Å². The molecule has 0 saturated heterocycles. The van der Waals surface area contributed by atoms with E-state index in [2.05, 4.69) is 15.5 Å². The summed E-state index contributed by atoms with van der Waals surface area (Å²) in [5.74, 6) is -0.509. The van der Waals surface area contributed by atoms with Crippen LogP contribution in [0.25, 0.3) is 10.6 Å². The van der Waals surface area contributed by atoms with Gasteiger partial charge < -0.3 is 15.2 Å². The molecule has 122 valence electrons. The van der Waals surface area contributed by atoms with Crippen molar-refractivity contribution in [1.29, 1.82) is 0 Å². The standard InChI is InChI=1S/C15H12N4O4S/c1-23-13-11(20)8-7-10(12(13)19(21)22)14-17-18-15(24-14)16-9-5-3-2-4-6-9/h2-8,20H,1H3,(H,16,18). The molecule has 0 spiro atoms. The first-order valence-corrected chi connectivity index (χ1v) is 7.62. The lowest BCUT2D eigenvalue weighted by Crippen LogP contribution is -1.97. The van der Waals surface area contributed by atoms with Gasteiger partial charge in [0.2, 0.25) is 10.9 Å². The summed E-state index contributed by atoms with van der Waals surface area (Å²) < 4.78 is 4.95. The molecule has 3 aromatic rings. The topological polar surface area (TPSA) is 110 Å². The Morgan fingerprint density at radius 3 is 2.62 bits per heavy atom. The summed E-state index contributed by atoms with van der Waals surface area (Å²) in [6.45, 7) is 0. The first-order valence-electron chi connectivity index (χ1n) is 6.80. The van der Waals surface area contributed by atoms with E-state index in [0.717, 1.165) is 17.0 Å². The molecule has 0 aliphatic rings. The molecule has 9 heteroatoms.